The predicted molar refractivity (Wildman–Crippen MR) is 441 cm³/mol. The van der Waals surface area contributed by atoms with E-state index in [9.17, 15) is 20.1 Å². The zero-order valence-corrected chi connectivity index (χ0v) is 69.7. The highest BCUT2D eigenvalue weighted by molar-refractivity contribution is 5.78. The molecule has 30 heteroatoms. The van der Waals surface area contributed by atoms with Crippen molar-refractivity contribution in [3.63, 3.8) is 0 Å². The molecule has 0 radical (unpaired) electrons. The number of hydrazine groups is 1. The molecule has 0 aliphatic carbocycles. The van der Waals surface area contributed by atoms with E-state index in [-0.39, 0.29) is 94.1 Å². The molecule has 18 rings (SSSR count). The van der Waals surface area contributed by atoms with Crippen molar-refractivity contribution in [3.8, 4) is 126 Å². The lowest BCUT2D eigenvalue weighted by Gasteiger charge is -2.49. The summed E-state index contributed by atoms with van der Waals surface area (Å²) in [5.74, 6) is 11.2. The summed E-state index contributed by atoms with van der Waals surface area (Å²) >= 11 is 0. The van der Waals surface area contributed by atoms with E-state index in [1.54, 1.807) is 69.0 Å². The number of aromatic hydroxyl groups is 1. The van der Waals surface area contributed by atoms with Crippen LogP contribution in [0.1, 0.15) is 115 Å². The third kappa shape index (κ3) is 16.6. The number of esters is 1. The van der Waals surface area contributed by atoms with Gasteiger partial charge >= 0.3 is 5.97 Å². The van der Waals surface area contributed by atoms with E-state index in [4.69, 9.17) is 104 Å². The van der Waals surface area contributed by atoms with Gasteiger partial charge in [0.25, 0.3) is 0 Å². The average molecular weight is 1670 g/mol. The second-order valence-corrected chi connectivity index (χ2v) is 29.9. The Morgan fingerprint density at radius 2 is 0.975 bits per heavy atom. The number of aliphatic hydroxyl groups is 2. The first-order valence-corrected chi connectivity index (χ1v) is 40.0. The van der Waals surface area contributed by atoms with Crippen molar-refractivity contribution < 1.29 is 124 Å². The molecular formula is C91H102N4O26. The number of aliphatic hydroxyl groups excluding tert-OH is 2. The Labute approximate surface area is 701 Å². The first-order chi connectivity index (χ1) is 58.9. The van der Waals surface area contributed by atoms with Gasteiger partial charge in [-0.1, -0.05) is 50.2 Å². The van der Waals surface area contributed by atoms with Gasteiger partial charge in [-0.15, -0.1) is 0 Å². The van der Waals surface area contributed by atoms with E-state index in [1.165, 1.54) is 7.11 Å². The van der Waals surface area contributed by atoms with Gasteiger partial charge < -0.3 is 125 Å². The molecule has 9 aliphatic heterocycles. The number of ether oxygens (including phenoxy) is 22. The molecule has 9 aliphatic rings. The third-order valence-electron chi connectivity index (χ3n) is 23.2. The lowest BCUT2D eigenvalue weighted by molar-refractivity contribution is -0.174. The van der Waals surface area contributed by atoms with Crippen LogP contribution in [0.15, 0.2) is 140 Å². The SMILES string of the molecule is CCOC(=O)C1C(c2ccc(OC)cc2OC)c2cc3c(cc2OC1(C)N1CCCC1)OCO3.COc1cc(C2CC(NNc3ccccc3)Oc3cc4c(cc32)OCO4)cc(OC)c1OC.COc1cc(C2c3cc4c(cc3OC(NCCO)C2C)OCO4)cc(OC)c1OC.COc1cccc(C2c3cc4c(cc3OC(O)C2C)OCO4)c1O. The Morgan fingerprint density at radius 1 is 0.479 bits per heavy atom. The molecule has 121 heavy (non-hydrogen) atoms. The molecule has 30 nitrogen and oxygen atoms in total. The van der Waals surface area contributed by atoms with Gasteiger partial charge in [0.2, 0.25) is 45.0 Å². The standard InChI is InChI=1S/C26H31NO7.C25H26N2O6.C22H27NO7.C18H18O6/c1-5-31-25(28)24-23(17-9-8-16(29-3)12-19(17)30-4)18-13-21-22(33-15-32-21)14-20(18)34-26(24,2)27-10-6-7-11-27;1-28-22-9-15(10-23(29-2)25(22)30-3)17-12-24(27-26-16-7-5-4-6-8-16)33-19-13-21-20(11-18(17)19)31-14-32-21;1-12-20(13-7-18(25-2)21(27-4)19(8-13)26-3)14-9-16-17(29-11-28-16)10-15(14)30-22(12)23-5-6-24;1-9-16(10-4-3-5-12(21-2)17(10)19)11-6-14-15(23-8-22-14)7-13(11)24-18(9)20/h8-9,12-14,23-24H,5-7,10-11,15H2,1-4H3;4-11,13,17,24,26-27H,12,14H2,1-3H3;7-10,12,20,22-24H,5-6,11H2,1-4H3;3-7,9,16,18-20H,8H2,1-2H3. The minimum atomic E-state index is -0.992. The Kier molecular flexibility index (Phi) is 25.4. The van der Waals surface area contributed by atoms with Gasteiger partial charge in [-0.25, -0.2) is 0 Å². The number of benzene rings is 9. The fourth-order valence-electron chi connectivity index (χ4n) is 17.3. The summed E-state index contributed by atoms with van der Waals surface area (Å²) in [6, 6.07) is 43.9. The number of hydrogen-bond donors (Lipinski definition) is 6. The van der Waals surface area contributed by atoms with Crippen molar-refractivity contribution in [2.45, 2.75) is 95.1 Å². The third-order valence-corrected chi connectivity index (χ3v) is 23.2. The van der Waals surface area contributed by atoms with E-state index < -0.39 is 23.9 Å². The first-order valence-electron chi connectivity index (χ1n) is 40.0. The summed E-state index contributed by atoms with van der Waals surface area (Å²) in [5, 5.41) is 33.4. The molecule has 11 unspecified atom stereocenters. The number of likely N-dealkylation sites (tertiary alicyclic amines) is 1. The number of hydrogen-bond acceptors (Lipinski definition) is 30. The molecule has 0 spiro atoms. The van der Waals surface area contributed by atoms with Crippen LogP contribution in [-0.2, 0) is 9.53 Å². The van der Waals surface area contributed by atoms with Gasteiger partial charge in [-0.2, -0.15) is 5.43 Å². The Balaban J connectivity index is 0.000000126. The molecule has 0 bridgehead atoms. The smallest absolute Gasteiger partial charge is 0.315 e. The minimum Gasteiger partial charge on any atom is -0.504 e. The second kappa shape index (κ2) is 36.7. The fraction of sp³-hybridized carbons (Fsp3) is 0.396. The topological polar surface area (TPSA) is 320 Å². The molecule has 0 amide bonds. The molecule has 9 aromatic rings. The molecule has 9 aromatic carbocycles. The molecule has 9 heterocycles. The quantitative estimate of drug-likeness (QED) is 0.0271. The molecule has 0 aromatic heterocycles. The summed E-state index contributed by atoms with van der Waals surface area (Å²) in [7, 11) is 14.4. The number of methoxy groups -OCH3 is 9. The van der Waals surface area contributed by atoms with E-state index in [1.807, 2.05) is 148 Å². The van der Waals surface area contributed by atoms with Crippen molar-refractivity contribution in [3.05, 3.63) is 184 Å². The maximum Gasteiger partial charge on any atom is 0.315 e. The lowest BCUT2D eigenvalue weighted by atomic mass is 9.72. The van der Waals surface area contributed by atoms with Crippen molar-refractivity contribution in [1.29, 1.82) is 0 Å². The van der Waals surface area contributed by atoms with Crippen LogP contribution < -0.4 is 116 Å². The van der Waals surface area contributed by atoms with Crippen LogP contribution in [0.2, 0.25) is 0 Å². The number of carbonyl (C=O) groups is 1. The normalized spacial score (nSPS) is 22.2. The molecule has 6 N–H and O–H groups in total. The number of phenols is 1. The summed E-state index contributed by atoms with van der Waals surface area (Å²) < 4.78 is 125. The summed E-state index contributed by atoms with van der Waals surface area (Å²) in [4.78, 5) is 15.9. The van der Waals surface area contributed by atoms with E-state index >= 15 is 0 Å². The molecule has 0 saturated carbocycles. The maximum absolute atomic E-state index is 13.7. The number of fused-ring (bicyclic) bond motifs is 8. The monoisotopic (exact) mass is 1670 g/mol. The van der Waals surface area contributed by atoms with Gasteiger partial charge in [0.1, 0.15) is 40.4 Å². The van der Waals surface area contributed by atoms with Gasteiger partial charge in [-0.05, 0) is 111 Å². The number of rotatable bonds is 22. The number of nitrogens with one attached hydrogen (secondary N) is 3. The minimum absolute atomic E-state index is 0.0213. The van der Waals surface area contributed by atoms with E-state index in [0.29, 0.717) is 134 Å². The Hall–Kier alpha value is -12.4. The largest absolute Gasteiger partial charge is 0.504 e. The number of para-hydroxylation sites is 2. The van der Waals surface area contributed by atoms with Crippen LogP contribution in [0.4, 0.5) is 5.69 Å². The van der Waals surface area contributed by atoms with Crippen LogP contribution in [0.25, 0.3) is 0 Å². The second-order valence-electron chi connectivity index (χ2n) is 29.9. The maximum atomic E-state index is 13.7. The van der Waals surface area contributed by atoms with Crippen molar-refractivity contribution >= 4 is 11.7 Å². The van der Waals surface area contributed by atoms with Crippen molar-refractivity contribution in [2.24, 2.45) is 17.8 Å². The molecule has 1 fully saturated rings. The van der Waals surface area contributed by atoms with Crippen LogP contribution >= 0.6 is 0 Å². The van der Waals surface area contributed by atoms with Gasteiger partial charge in [0.15, 0.2) is 98.7 Å². The molecular weight excluding hydrogens is 1570 g/mol. The van der Waals surface area contributed by atoms with Gasteiger partial charge in [-0.3, -0.25) is 15.0 Å². The number of carbonyl (C=O) groups excluding carboxylic acids is 1. The summed E-state index contributed by atoms with van der Waals surface area (Å²) in [6.45, 7) is 10.9. The molecule has 11 atom stereocenters. The highest BCUT2D eigenvalue weighted by Gasteiger charge is 2.57. The zero-order valence-electron chi connectivity index (χ0n) is 69.7. The fourth-order valence-corrected chi connectivity index (χ4v) is 17.3. The van der Waals surface area contributed by atoms with Crippen LogP contribution in [-0.4, -0.2) is 175 Å². The predicted octanol–water partition coefficient (Wildman–Crippen LogP) is 13.4. The van der Waals surface area contributed by atoms with Crippen molar-refractivity contribution in [2.75, 3.05) is 129 Å². The van der Waals surface area contributed by atoms with E-state index in [2.05, 4.69) is 28.0 Å². The number of nitrogens with zero attached hydrogens (tertiary/aromatic N) is 1. The van der Waals surface area contributed by atoms with E-state index in [0.717, 1.165) is 76.3 Å². The summed E-state index contributed by atoms with van der Waals surface area (Å²) in [6.07, 6.45) is 1.17. The van der Waals surface area contributed by atoms with Crippen molar-refractivity contribution in [1.82, 2.24) is 15.6 Å². The Bertz CT molecular complexity index is 5130. The van der Waals surface area contributed by atoms with Crippen LogP contribution in [0.3, 0.4) is 0 Å². The highest BCUT2D eigenvalue weighted by Crippen LogP contribution is 2.58. The molecule has 642 valence electrons. The van der Waals surface area contributed by atoms with Gasteiger partial charge in [0, 0.05) is 131 Å². The lowest BCUT2D eigenvalue weighted by Crippen LogP contribution is -2.61. The molecule has 1 saturated heterocycles. The average Bonchev–Trinajstić information content (AvgIpc) is 1.42. The number of phenolic OH excluding ortho intramolecular Hbond substituents is 1. The van der Waals surface area contributed by atoms with Crippen LogP contribution in [0, 0.1) is 17.8 Å². The number of anilines is 1. The highest BCUT2D eigenvalue weighted by atomic mass is 16.7. The zero-order chi connectivity index (χ0) is 84.8. The van der Waals surface area contributed by atoms with Gasteiger partial charge in [0.05, 0.1) is 77.2 Å². The first kappa shape index (κ1) is 83.7. The Morgan fingerprint density at radius 3 is 1.50 bits per heavy atom. The van der Waals surface area contributed by atoms with Crippen LogP contribution in [0.5, 0.6) is 126 Å². The summed E-state index contributed by atoms with van der Waals surface area (Å²) in [5.41, 5.74) is 13.8.